The normalized spacial score (nSPS) is 12.3. The summed E-state index contributed by atoms with van der Waals surface area (Å²) >= 11 is 10.4. The second kappa shape index (κ2) is 5.48. The van der Waals surface area contributed by atoms with Gasteiger partial charge in [0.2, 0.25) is 0 Å². The van der Waals surface area contributed by atoms with Gasteiger partial charge >= 0.3 is 0 Å². The van der Waals surface area contributed by atoms with E-state index in [1.807, 2.05) is 36.4 Å². The molecule has 4 heteroatoms. The molecule has 0 bridgehead atoms. The van der Waals surface area contributed by atoms with Gasteiger partial charge in [-0.05, 0) is 5.56 Å². The van der Waals surface area contributed by atoms with E-state index in [9.17, 15) is 0 Å². The third-order valence-corrected chi connectivity index (χ3v) is 2.25. The van der Waals surface area contributed by atoms with Crippen LogP contribution in [0.1, 0.15) is 5.56 Å². The van der Waals surface area contributed by atoms with E-state index in [0.29, 0.717) is 0 Å². The summed E-state index contributed by atoms with van der Waals surface area (Å²) in [4.78, 5) is 4.11. The molecule has 70 valence electrons. The van der Waals surface area contributed by atoms with Crippen molar-refractivity contribution in [3.05, 3.63) is 35.9 Å². The predicted octanol–water partition coefficient (Wildman–Crippen LogP) is 2.56. The van der Waals surface area contributed by atoms with Crippen molar-refractivity contribution in [2.75, 3.05) is 0 Å². The van der Waals surface area contributed by atoms with E-state index in [1.54, 1.807) is 6.21 Å². The summed E-state index contributed by atoms with van der Waals surface area (Å²) in [6, 6.07) is 11.3. The Morgan fingerprint density at radius 2 is 2.14 bits per heavy atom. The van der Waals surface area contributed by atoms with Crippen molar-refractivity contribution in [2.45, 2.75) is 5.38 Å². The van der Waals surface area contributed by atoms with E-state index >= 15 is 0 Å². The lowest BCUT2D eigenvalue weighted by Gasteiger charge is -1.95. The van der Waals surface area contributed by atoms with Crippen LogP contribution in [-0.2, 0) is 0 Å². The van der Waals surface area contributed by atoms with E-state index < -0.39 is 5.38 Å². The first-order valence-corrected chi connectivity index (χ1v) is 4.75. The summed E-state index contributed by atoms with van der Waals surface area (Å²) in [5, 5.41) is 7.63. The van der Waals surface area contributed by atoms with Gasteiger partial charge in [-0.3, -0.25) is 0 Å². The van der Waals surface area contributed by atoms with E-state index in [4.69, 9.17) is 29.1 Å². The lowest BCUT2D eigenvalue weighted by atomic mass is 10.2. The van der Waals surface area contributed by atoms with Crippen LogP contribution >= 0.6 is 23.8 Å². The summed E-state index contributed by atoms with van der Waals surface area (Å²) in [6.45, 7) is 0. The fourth-order valence-electron chi connectivity index (χ4n) is 0.798. The SMILES string of the molecule is N#CC(Cl)C(=S)N=Cc1ccccc1. The van der Waals surface area contributed by atoms with Gasteiger partial charge in [-0.1, -0.05) is 54.2 Å². The first-order chi connectivity index (χ1) is 6.74. The van der Waals surface area contributed by atoms with Crippen LogP contribution in [0.4, 0.5) is 0 Å². The summed E-state index contributed by atoms with van der Waals surface area (Å²) in [5.41, 5.74) is 0.927. The lowest BCUT2D eigenvalue weighted by Crippen LogP contribution is -2.06. The molecular weight excluding hydrogens is 216 g/mol. The van der Waals surface area contributed by atoms with Crippen molar-refractivity contribution >= 4 is 35.0 Å². The third kappa shape index (κ3) is 3.25. The van der Waals surface area contributed by atoms with Crippen LogP contribution in [0.15, 0.2) is 35.3 Å². The zero-order chi connectivity index (χ0) is 10.4. The van der Waals surface area contributed by atoms with E-state index in [0.717, 1.165) is 5.56 Å². The van der Waals surface area contributed by atoms with E-state index in [1.165, 1.54) is 0 Å². The van der Waals surface area contributed by atoms with Gasteiger partial charge in [0, 0.05) is 6.21 Å². The predicted molar refractivity (Wildman–Crippen MR) is 61.9 cm³/mol. The Kier molecular flexibility index (Phi) is 4.24. The smallest absolute Gasteiger partial charge is 0.172 e. The molecule has 0 aromatic heterocycles. The standard InChI is InChI=1S/C10H7ClN2S/c11-9(6-12)10(14)13-7-8-4-2-1-3-5-8/h1-5,7,9H. The molecule has 1 rings (SSSR count). The average molecular weight is 223 g/mol. The van der Waals surface area contributed by atoms with Crippen LogP contribution in [-0.4, -0.2) is 16.6 Å². The zero-order valence-corrected chi connectivity index (χ0v) is 8.79. The highest BCUT2D eigenvalue weighted by molar-refractivity contribution is 7.80. The van der Waals surface area contributed by atoms with Gasteiger partial charge in [0.05, 0.1) is 6.07 Å². The maximum absolute atomic E-state index is 8.46. The molecule has 0 saturated carbocycles. The quantitative estimate of drug-likeness (QED) is 0.438. The highest BCUT2D eigenvalue weighted by Gasteiger charge is 2.06. The lowest BCUT2D eigenvalue weighted by molar-refractivity contribution is 1.40. The van der Waals surface area contributed by atoms with Crippen LogP contribution in [0.2, 0.25) is 0 Å². The molecule has 0 aliphatic carbocycles. The molecule has 2 nitrogen and oxygen atoms in total. The van der Waals surface area contributed by atoms with Crippen LogP contribution in [0, 0.1) is 11.3 Å². The number of nitrogens with zero attached hydrogens (tertiary/aromatic N) is 2. The molecule has 1 aromatic rings. The van der Waals surface area contributed by atoms with Gasteiger partial charge in [-0.2, -0.15) is 5.26 Å². The molecule has 1 atom stereocenters. The summed E-state index contributed by atoms with van der Waals surface area (Å²) < 4.78 is 0. The van der Waals surface area contributed by atoms with Crippen molar-refractivity contribution in [2.24, 2.45) is 4.99 Å². The number of hydrogen-bond donors (Lipinski definition) is 0. The van der Waals surface area contributed by atoms with Crippen LogP contribution in [0.3, 0.4) is 0 Å². The highest BCUT2D eigenvalue weighted by atomic mass is 35.5. The van der Waals surface area contributed by atoms with Crippen molar-refractivity contribution in [1.82, 2.24) is 0 Å². The number of hydrogen-bond acceptors (Lipinski definition) is 2. The fourth-order valence-corrected chi connectivity index (χ4v) is 0.960. The van der Waals surface area contributed by atoms with Gasteiger partial charge < -0.3 is 0 Å². The second-order valence-corrected chi connectivity index (χ2v) is 3.35. The molecule has 0 aliphatic rings. The van der Waals surface area contributed by atoms with Gasteiger partial charge in [0.1, 0.15) is 4.99 Å². The van der Waals surface area contributed by atoms with Gasteiger partial charge in [-0.25, -0.2) is 4.99 Å². The number of halogens is 1. The number of thiocarbonyl (C=S) groups is 1. The Morgan fingerprint density at radius 3 is 2.71 bits per heavy atom. The molecule has 0 N–H and O–H groups in total. The number of nitriles is 1. The van der Waals surface area contributed by atoms with Gasteiger partial charge in [0.25, 0.3) is 0 Å². The Balaban J connectivity index is 2.67. The minimum Gasteiger partial charge on any atom is -0.246 e. The third-order valence-electron chi connectivity index (χ3n) is 1.47. The molecule has 0 radical (unpaired) electrons. The maximum atomic E-state index is 8.46. The summed E-state index contributed by atoms with van der Waals surface area (Å²) in [5.74, 6) is 0. The first-order valence-electron chi connectivity index (χ1n) is 3.90. The number of rotatable bonds is 2. The molecule has 0 aliphatic heterocycles. The molecule has 0 spiro atoms. The summed E-state index contributed by atoms with van der Waals surface area (Å²) in [7, 11) is 0. The number of benzene rings is 1. The molecule has 0 amide bonds. The van der Waals surface area contributed by atoms with Crippen LogP contribution in [0.5, 0.6) is 0 Å². The van der Waals surface area contributed by atoms with Gasteiger partial charge in [0.15, 0.2) is 5.38 Å². The van der Waals surface area contributed by atoms with E-state index in [2.05, 4.69) is 4.99 Å². The second-order valence-electron chi connectivity index (χ2n) is 2.50. The Labute approximate surface area is 92.8 Å². The Morgan fingerprint density at radius 1 is 1.50 bits per heavy atom. The summed E-state index contributed by atoms with van der Waals surface area (Å²) in [6.07, 6.45) is 1.59. The Bertz CT molecular complexity index is 381. The fraction of sp³-hybridized carbons (Fsp3) is 0.100. The molecule has 14 heavy (non-hydrogen) atoms. The van der Waals surface area contributed by atoms with Crippen molar-refractivity contribution in [3.63, 3.8) is 0 Å². The van der Waals surface area contributed by atoms with Crippen molar-refractivity contribution in [1.29, 1.82) is 5.26 Å². The largest absolute Gasteiger partial charge is 0.246 e. The molecule has 1 unspecified atom stereocenters. The van der Waals surface area contributed by atoms with Crippen molar-refractivity contribution < 1.29 is 0 Å². The topological polar surface area (TPSA) is 36.1 Å². The molecule has 0 fully saturated rings. The van der Waals surface area contributed by atoms with Gasteiger partial charge in [-0.15, -0.1) is 0 Å². The molecule has 0 saturated heterocycles. The molecule has 1 aromatic carbocycles. The van der Waals surface area contributed by atoms with Crippen molar-refractivity contribution in [3.8, 4) is 6.07 Å². The maximum Gasteiger partial charge on any atom is 0.172 e. The minimum absolute atomic E-state index is 0.193. The molecule has 0 heterocycles. The first kappa shape index (κ1) is 10.8. The highest BCUT2D eigenvalue weighted by Crippen LogP contribution is 2.00. The number of alkyl halides is 1. The zero-order valence-electron chi connectivity index (χ0n) is 7.22. The minimum atomic E-state index is -0.829. The average Bonchev–Trinajstić information content (AvgIpc) is 2.26. The van der Waals surface area contributed by atoms with E-state index in [-0.39, 0.29) is 4.99 Å². The van der Waals surface area contributed by atoms with Crippen LogP contribution < -0.4 is 0 Å². The monoisotopic (exact) mass is 222 g/mol. The van der Waals surface area contributed by atoms with Crippen LogP contribution in [0.25, 0.3) is 0 Å². The Hall–Kier alpha value is -1.24. The number of aliphatic imine (C=N–C) groups is 1. The molecular formula is C10H7ClN2S.